The zero-order valence-electron chi connectivity index (χ0n) is 12.2. The van der Waals surface area contributed by atoms with E-state index in [2.05, 4.69) is 44.1 Å². The lowest BCUT2D eigenvalue weighted by molar-refractivity contribution is 0.0375. The number of hydrogen-bond donors (Lipinski definition) is 2. The van der Waals surface area contributed by atoms with Crippen molar-refractivity contribution < 1.29 is 9.76 Å². The maximum atomic E-state index is 8.76. The second-order valence-corrected chi connectivity index (χ2v) is 6.33. The molecule has 2 rings (SSSR count). The van der Waals surface area contributed by atoms with Gasteiger partial charge in [-0.15, -0.1) is 0 Å². The summed E-state index contributed by atoms with van der Waals surface area (Å²) in [4.78, 5) is 4.35. The summed E-state index contributed by atoms with van der Waals surface area (Å²) in [5.74, 6) is 0.786. The molecule has 19 heavy (non-hydrogen) atoms. The first-order chi connectivity index (χ1) is 8.86. The molecule has 5 heteroatoms. The molecule has 1 aromatic heterocycles. The second-order valence-electron chi connectivity index (χ2n) is 6.33. The van der Waals surface area contributed by atoms with Crippen LogP contribution in [0.15, 0.2) is 18.3 Å². The van der Waals surface area contributed by atoms with Crippen LogP contribution in [0.5, 0.6) is 0 Å². The summed E-state index contributed by atoms with van der Waals surface area (Å²) in [6, 6.07) is 3.99. The molecule has 1 aromatic rings. The van der Waals surface area contributed by atoms with Gasteiger partial charge in [-0.1, -0.05) is 19.9 Å². The standard InChI is InChI=1S/C14H23BN2O2/c1-13(2)10-15(19-14(13,3)4)11-5-6-12(17-9-11)16-7-8-18/h5-6,9,18H,7-8,10H2,1-4H3,(H,16,17). The van der Waals surface area contributed by atoms with Crippen LogP contribution in [0.2, 0.25) is 6.32 Å². The van der Waals surface area contributed by atoms with E-state index >= 15 is 0 Å². The number of aliphatic hydroxyl groups is 1. The third-order valence-electron chi connectivity index (χ3n) is 4.34. The molecule has 1 aliphatic rings. The number of hydrogen-bond acceptors (Lipinski definition) is 4. The van der Waals surface area contributed by atoms with Gasteiger partial charge in [0, 0.05) is 12.7 Å². The normalized spacial score (nSPS) is 20.6. The monoisotopic (exact) mass is 262 g/mol. The summed E-state index contributed by atoms with van der Waals surface area (Å²) in [6.45, 7) is 9.54. The minimum atomic E-state index is -0.120. The van der Waals surface area contributed by atoms with E-state index in [1.165, 1.54) is 0 Å². The van der Waals surface area contributed by atoms with Crippen LogP contribution in [0.25, 0.3) is 0 Å². The average molecular weight is 262 g/mol. The van der Waals surface area contributed by atoms with Crippen molar-refractivity contribution in [2.45, 2.75) is 39.6 Å². The Balaban J connectivity index is 2.08. The molecule has 104 valence electrons. The molecule has 0 radical (unpaired) electrons. The summed E-state index contributed by atoms with van der Waals surface area (Å²) in [5.41, 5.74) is 1.16. The zero-order chi connectivity index (χ0) is 14.1. The van der Waals surface area contributed by atoms with Crippen LogP contribution in [-0.4, -0.2) is 35.8 Å². The third kappa shape index (κ3) is 2.93. The Hall–Kier alpha value is -1.07. The van der Waals surface area contributed by atoms with Crippen molar-refractivity contribution in [1.82, 2.24) is 4.98 Å². The molecule has 0 bridgehead atoms. The molecule has 0 amide bonds. The SMILES string of the molecule is CC1(C)CB(c2ccc(NCCO)nc2)OC1(C)C. The van der Waals surface area contributed by atoms with Gasteiger partial charge in [0.05, 0.1) is 12.2 Å². The topological polar surface area (TPSA) is 54.4 Å². The number of nitrogens with zero attached hydrogens (tertiary/aromatic N) is 1. The molecule has 2 heterocycles. The van der Waals surface area contributed by atoms with E-state index in [4.69, 9.17) is 9.76 Å². The van der Waals surface area contributed by atoms with Gasteiger partial charge in [0.15, 0.2) is 0 Å². The van der Waals surface area contributed by atoms with E-state index in [0.717, 1.165) is 17.6 Å². The molecule has 0 unspecified atom stereocenters. The zero-order valence-corrected chi connectivity index (χ0v) is 12.2. The summed E-state index contributed by atoms with van der Waals surface area (Å²) in [7, 11) is 0. The Morgan fingerprint density at radius 2 is 2.11 bits per heavy atom. The number of rotatable bonds is 4. The van der Waals surface area contributed by atoms with Gasteiger partial charge in [-0.3, -0.25) is 0 Å². The number of aliphatic hydroxyl groups excluding tert-OH is 1. The van der Waals surface area contributed by atoms with Crippen molar-refractivity contribution in [2.75, 3.05) is 18.5 Å². The maximum absolute atomic E-state index is 8.76. The first-order valence-electron chi connectivity index (χ1n) is 6.84. The lowest BCUT2D eigenvalue weighted by Crippen LogP contribution is -2.36. The average Bonchev–Trinajstić information content (AvgIpc) is 2.56. The van der Waals surface area contributed by atoms with E-state index in [9.17, 15) is 0 Å². The van der Waals surface area contributed by atoms with Gasteiger partial charge >= 0.3 is 6.92 Å². The van der Waals surface area contributed by atoms with Crippen LogP contribution in [0.4, 0.5) is 5.82 Å². The summed E-state index contributed by atoms with van der Waals surface area (Å²) >= 11 is 0. The van der Waals surface area contributed by atoms with Crippen molar-refractivity contribution in [3.63, 3.8) is 0 Å². The highest BCUT2D eigenvalue weighted by Crippen LogP contribution is 2.44. The van der Waals surface area contributed by atoms with Crippen LogP contribution in [0, 0.1) is 5.41 Å². The molecule has 2 N–H and O–H groups in total. The van der Waals surface area contributed by atoms with Crippen molar-refractivity contribution in [2.24, 2.45) is 5.41 Å². The lowest BCUT2D eigenvalue weighted by Gasteiger charge is -2.34. The van der Waals surface area contributed by atoms with Gasteiger partial charge in [-0.05, 0) is 37.1 Å². The number of aromatic nitrogens is 1. The molecule has 0 atom stereocenters. The van der Waals surface area contributed by atoms with Crippen molar-refractivity contribution in [3.8, 4) is 0 Å². The van der Waals surface area contributed by atoms with E-state index in [1.807, 2.05) is 12.3 Å². The Labute approximate surface area is 115 Å². The fraction of sp³-hybridized carbons (Fsp3) is 0.643. The van der Waals surface area contributed by atoms with E-state index in [0.29, 0.717) is 6.54 Å². The van der Waals surface area contributed by atoms with Gasteiger partial charge in [-0.25, -0.2) is 4.98 Å². The predicted molar refractivity (Wildman–Crippen MR) is 79.0 cm³/mol. The molecular formula is C14H23BN2O2. The number of pyridine rings is 1. The molecule has 4 nitrogen and oxygen atoms in total. The van der Waals surface area contributed by atoms with Crippen molar-refractivity contribution in [1.29, 1.82) is 0 Å². The highest BCUT2D eigenvalue weighted by atomic mass is 16.5. The molecule has 0 spiro atoms. The van der Waals surface area contributed by atoms with Gasteiger partial charge in [0.25, 0.3) is 0 Å². The summed E-state index contributed by atoms with van der Waals surface area (Å²) in [6.07, 6.45) is 2.87. The van der Waals surface area contributed by atoms with Crippen LogP contribution in [-0.2, 0) is 4.65 Å². The minimum Gasteiger partial charge on any atom is -0.425 e. The van der Waals surface area contributed by atoms with Gasteiger partial charge in [-0.2, -0.15) is 0 Å². The molecule has 0 saturated carbocycles. The van der Waals surface area contributed by atoms with Crippen LogP contribution < -0.4 is 10.8 Å². The number of nitrogens with one attached hydrogen (secondary N) is 1. The van der Waals surface area contributed by atoms with E-state index in [-0.39, 0.29) is 24.5 Å². The van der Waals surface area contributed by atoms with Crippen LogP contribution in [0.1, 0.15) is 27.7 Å². The maximum Gasteiger partial charge on any atom is 0.329 e. The predicted octanol–water partition coefficient (Wildman–Crippen LogP) is 1.52. The quantitative estimate of drug-likeness (QED) is 0.808. The Bertz CT molecular complexity index is 416. The van der Waals surface area contributed by atoms with Crippen molar-refractivity contribution >= 4 is 18.2 Å². The highest BCUT2D eigenvalue weighted by Gasteiger charge is 2.49. The van der Waals surface area contributed by atoms with E-state index in [1.54, 1.807) is 0 Å². The van der Waals surface area contributed by atoms with Gasteiger partial charge in [0.1, 0.15) is 5.82 Å². The summed E-state index contributed by atoms with van der Waals surface area (Å²) < 4.78 is 6.17. The fourth-order valence-electron chi connectivity index (χ4n) is 2.34. The summed E-state index contributed by atoms with van der Waals surface area (Å²) in [5, 5.41) is 11.8. The third-order valence-corrected chi connectivity index (χ3v) is 4.34. The molecule has 0 aromatic carbocycles. The van der Waals surface area contributed by atoms with Gasteiger partial charge < -0.3 is 15.1 Å². The van der Waals surface area contributed by atoms with Crippen LogP contribution in [0.3, 0.4) is 0 Å². The lowest BCUT2D eigenvalue weighted by atomic mass is 9.54. The molecule has 1 fully saturated rings. The number of anilines is 1. The van der Waals surface area contributed by atoms with Crippen molar-refractivity contribution in [3.05, 3.63) is 18.3 Å². The highest BCUT2D eigenvalue weighted by molar-refractivity contribution is 6.68. The van der Waals surface area contributed by atoms with E-state index < -0.39 is 0 Å². The Morgan fingerprint density at radius 3 is 2.58 bits per heavy atom. The first kappa shape index (κ1) is 14.3. The Morgan fingerprint density at radius 1 is 1.37 bits per heavy atom. The molecule has 1 saturated heterocycles. The minimum absolute atomic E-state index is 0.109. The first-order valence-corrected chi connectivity index (χ1v) is 6.84. The molecule has 0 aliphatic carbocycles. The van der Waals surface area contributed by atoms with Crippen LogP contribution >= 0.6 is 0 Å². The smallest absolute Gasteiger partial charge is 0.329 e. The largest absolute Gasteiger partial charge is 0.425 e. The molecule has 1 aliphatic heterocycles. The Kier molecular flexibility index (Phi) is 3.88. The van der Waals surface area contributed by atoms with Gasteiger partial charge in [0.2, 0.25) is 0 Å². The fourth-order valence-corrected chi connectivity index (χ4v) is 2.34. The molecular weight excluding hydrogens is 239 g/mol. The second kappa shape index (κ2) is 5.14.